The Morgan fingerprint density at radius 2 is 1.83 bits per heavy atom. The predicted molar refractivity (Wildman–Crippen MR) is 107 cm³/mol. The Labute approximate surface area is 174 Å². The molecule has 1 aromatic carbocycles. The molecule has 9 heteroatoms. The van der Waals surface area contributed by atoms with Gasteiger partial charge in [0.15, 0.2) is 5.82 Å². The van der Waals surface area contributed by atoms with Crippen LogP contribution in [0.1, 0.15) is 54.7 Å². The molecule has 0 radical (unpaired) electrons. The summed E-state index contributed by atoms with van der Waals surface area (Å²) >= 11 is 0. The summed E-state index contributed by atoms with van der Waals surface area (Å²) in [6, 6.07) is 4.41. The minimum atomic E-state index is -0.832. The zero-order valence-electron chi connectivity index (χ0n) is 17.3. The molecule has 0 bridgehead atoms. The van der Waals surface area contributed by atoms with E-state index in [0.717, 1.165) is 0 Å². The lowest BCUT2D eigenvalue weighted by Gasteiger charge is -2.34. The molecule has 2 fully saturated rings. The summed E-state index contributed by atoms with van der Waals surface area (Å²) in [6.07, 6.45) is 1.01. The van der Waals surface area contributed by atoms with Crippen molar-refractivity contribution in [1.82, 2.24) is 15.5 Å². The van der Waals surface area contributed by atoms with E-state index in [9.17, 15) is 9.18 Å². The van der Waals surface area contributed by atoms with Crippen LogP contribution in [0.25, 0.3) is 0 Å². The van der Waals surface area contributed by atoms with E-state index in [0.29, 0.717) is 69.8 Å². The highest BCUT2D eigenvalue weighted by Crippen LogP contribution is 2.32. The van der Waals surface area contributed by atoms with E-state index in [1.807, 2.05) is 18.7 Å². The van der Waals surface area contributed by atoms with Crippen molar-refractivity contribution in [2.24, 2.45) is 0 Å². The Bertz CT molecular complexity index is 889. The Morgan fingerprint density at radius 1 is 1.13 bits per heavy atom. The lowest BCUT2D eigenvalue weighted by Crippen LogP contribution is -2.49. The second kappa shape index (κ2) is 8.69. The zero-order valence-corrected chi connectivity index (χ0v) is 17.3. The van der Waals surface area contributed by atoms with Gasteiger partial charge in [0, 0.05) is 56.3 Å². The Kier molecular flexibility index (Phi) is 6.01. The molecule has 1 aromatic heterocycles. The molecule has 0 spiro atoms. The maximum atomic E-state index is 14.3. The van der Waals surface area contributed by atoms with Crippen LogP contribution >= 0.6 is 0 Å². The van der Waals surface area contributed by atoms with Gasteiger partial charge in [-0.25, -0.2) is 4.39 Å². The minimum Gasteiger partial charge on any atom is -0.381 e. The maximum Gasteiger partial charge on any atom is 0.252 e. The van der Waals surface area contributed by atoms with Gasteiger partial charge >= 0.3 is 0 Å². The van der Waals surface area contributed by atoms with Crippen molar-refractivity contribution in [3.05, 3.63) is 41.3 Å². The van der Waals surface area contributed by atoms with Crippen molar-refractivity contribution in [3.63, 3.8) is 0 Å². The normalized spacial score (nSPS) is 19.1. The Morgan fingerprint density at radius 3 is 2.50 bits per heavy atom. The standard InChI is InChI=1S/C21H27FN4O4/c1-14(2)18-23-20(30-25-18)21(3-7-28-8-4-21)24-19(27)15-11-16(22)13-17(12-15)26-5-9-29-10-6-26/h11-14H,3-10H2,1-2H3,(H,24,27). The fraction of sp³-hybridized carbons (Fsp3) is 0.571. The van der Waals surface area contributed by atoms with E-state index in [1.54, 1.807) is 6.07 Å². The molecule has 30 heavy (non-hydrogen) atoms. The van der Waals surface area contributed by atoms with Crippen LogP contribution < -0.4 is 10.2 Å². The van der Waals surface area contributed by atoms with E-state index in [2.05, 4.69) is 15.5 Å². The first-order chi connectivity index (χ1) is 14.5. The summed E-state index contributed by atoms with van der Waals surface area (Å²) in [6.45, 7) is 7.35. The lowest BCUT2D eigenvalue weighted by molar-refractivity contribution is 0.0222. The number of aromatic nitrogens is 2. The zero-order chi connectivity index (χ0) is 21.1. The summed E-state index contributed by atoms with van der Waals surface area (Å²) in [5.74, 6) is 0.229. The number of amides is 1. The molecule has 2 saturated heterocycles. The van der Waals surface area contributed by atoms with E-state index < -0.39 is 11.4 Å². The topological polar surface area (TPSA) is 89.7 Å². The summed E-state index contributed by atoms with van der Waals surface area (Å²) < 4.78 is 30.7. The molecule has 1 amide bonds. The molecule has 0 saturated carbocycles. The van der Waals surface area contributed by atoms with E-state index in [-0.39, 0.29) is 17.4 Å². The number of carbonyl (C=O) groups is 1. The monoisotopic (exact) mass is 418 g/mol. The van der Waals surface area contributed by atoms with E-state index in [1.165, 1.54) is 12.1 Å². The number of halogens is 1. The number of benzene rings is 1. The van der Waals surface area contributed by atoms with Crippen LogP contribution in [0.5, 0.6) is 0 Å². The molecule has 2 aliphatic heterocycles. The first-order valence-corrected chi connectivity index (χ1v) is 10.3. The quantitative estimate of drug-likeness (QED) is 0.798. The Hall–Kier alpha value is -2.52. The predicted octanol–water partition coefficient (Wildman–Crippen LogP) is 2.60. The van der Waals surface area contributed by atoms with Gasteiger partial charge < -0.3 is 24.2 Å². The molecule has 2 aliphatic rings. The minimum absolute atomic E-state index is 0.106. The fourth-order valence-electron chi connectivity index (χ4n) is 3.77. The lowest BCUT2D eigenvalue weighted by atomic mass is 9.89. The van der Waals surface area contributed by atoms with Crippen LogP contribution in [0, 0.1) is 5.82 Å². The van der Waals surface area contributed by atoms with Crippen molar-refractivity contribution in [2.75, 3.05) is 44.4 Å². The average molecular weight is 418 g/mol. The molecule has 0 unspecified atom stereocenters. The number of ether oxygens (including phenoxy) is 2. The van der Waals surface area contributed by atoms with Gasteiger partial charge in [-0.2, -0.15) is 4.98 Å². The van der Waals surface area contributed by atoms with Crippen LogP contribution in [-0.4, -0.2) is 55.6 Å². The van der Waals surface area contributed by atoms with Crippen molar-refractivity contribution in [2.45, 2.75) is 38.1 Å². The van der Waals surface area contributed by atoms with Gasteiger partial charge in [0.25, 0.3) is 11.8 Å². The molecule has 3 heterocycles. The first-order valence-electron chi connectivity index (χ1n) is 10.3. The molecule has 0 aliphatic carbocycles. The third-order valence-electron chi connectivity index (χ3n) is 5.59. The number of carbonyl (C=O) groups excluding carboxylic acids is 1. The third kappa shape index (κ3) is 4.32. The van der Waals surface area contributed by atoms with Crippen LogP contribution in [0.4, 0.5) is 10.1 Å². The summed E-state index contributed by atoms with van der Waals surface area (Å²) in [5, 5.41) is 7.10. The number of nitrogens with zero attached hydrogens (tertiary/aromatic N) is 3. The first kappa shape index (κ1) is 20.7. The van der Waals surface area contributed by atoms with Crippen molar-refractivity contribution < 1.29 is 23.2 Å². The van der Waals surface area contributed by atoms with Gasteiger partial charge in [0.1, 0.15) is 11.4 Å². The van der Waals surface area contributed by atoms with Gasteiger partial charge in [-0.15, -0.1) is 0 Å². The van der Waals surface area contributed by atoms with Crippen LogP contribution in [0.15, 0.2) is 22.7 Å². The smallest absolute Gasteiger partial charge is 0.252 e. The second-order valence-electron chi connectivity index (χ2n) is 8.06. The average Bonchev–Trinajstić information content (AvgIpc) is 3.26. The molecule has 2 aromatic rings. The van der Waals surface area contributed by atoms with Crippen molar-refractivity contribution >= 4 is 11.6 Å². The number of rotatable bonds is 5. The SMILES string of the molecule is CC(C)c1noc(C2(NC(=O)c3cc(F)cc(N4CCOCC4)c3)CCOCC2)n1. The molecule has 4 rings (SSSR count). The van der Waals surface area contributed by atoms with Gasteiger partial charge in [0.05, 0.1) is 13.2 Å². The van der Waals surface area contributed by atoms with E-state index in [4.69, 9.17) is 14.0 Å². The molecule has 8 nitrogen and oxygen atoms in total. The number of anilines is 1. The molecular weight excluding hydrogens is 391 g/mol. The second-order valence-corrected chi connectivity index (χ2v) is 8.06. The number of hydrogen-bond donors (Lipinski definition) is 1. The maximum absolute atomic E-state index is 14.3. The van der Waals surface area contributed by atoms with Crippen LogP contribution in [0.3, 0.4) is 0 Å². The largest absolute Gasteiger partial charge is 0.381 e. The van der Waals surface area contributed by atoms with Gasteiger partial charge in [-0.1, -0.05) is 19.0 Å². The molecular formula is C21H27FN4O4. The molecule has 1 N–H and O–H groups in total. The number of hydrogen-bond acceptors (Lipinski definition) is 7. The van der Waals surface area contributed by atoms with E-state index >= 15 is 0 Å². The fourth-order valence-corrected chi connectivity index (χ4v) is 3.77. The van der Waals surface area contributed by atoms with Crippen LogP contribution in [-0.2, 0) is 15.0 Å². The number of nitrogens with one attached hydrogen (secondary N) is 1. The summed E-state index contributed by atoms with van der Waals surface area (Å²) in [5.41, 5.74) is 0.0938. The van der Waals surface area contributed by atoms with Gasteiger partial charge in [0.2, 0.25) is 0 Å². The highest BCUT2D eigenvalue weighted by atomic mass is 19.1. The summed E-state index contributed by atoms with van der Waals surface area (Å²) in [4.78, 5) is 19.7. The van der Waals surface area contributed by atoms with Crippen molar-refractivity contribution in [3.8, 4) is 0 Å². The third-order valence-corrected chi connectivity index (χ3v) is 5.59. The van der Waals surface area contributed by atoms with Crippen LogP contribution in [0.2, 0.25) is 0 Å². The van der Waals surface area contributed by atoms with Crippen molar-refractivity contribution in [1.29, 1.82) is 0 Å². The van der Waals surface area contributed by atoms with Gasteiger partial charge in [-0.05, 0) is 18.2 Å². The Balaban J connectivity index is 1.60. The molecule has 162 valence electrons. The number of morpholine rings is 1. The highest BCUT2D eigenvalue weighted by molar-refractivity contribution is 5.95. The summed E-state index contributed by atoms with van der Waals surface area (Å²) in [7, 11) is 0. The molecule has 0 atom stereocenters. The van der Waals surface area contributed by atoms with Gasteiger partial charge in [-0.3, -0.25) is 4.79 Å². The highest BCUT2D eigenvalue weighted by Gasteiger charge is 2.41.